The number of pyridine rings is 1. The van der Waals surface area contributed by atoms with E-state index in [1.54, 1.807) is 12.3 Å². The first-order valence-corrected chi connectivity index (χ1v) is 7.82. The molecule has 5 nitrogen and oxygen atoms in total. The monoisotopic (exact) mass is 336 g/mol. The van der Waals surface area contributed by atoms with Crippen LogP contribution in [-0.4, -0.2) is 16.0 Å². The molecule has 1 amide bonds. The van der Waals surface area contributed by atoms with E-state index in [0.717, 1.165) is 22.0 Å². The van der Waals surface area contributed by atoms with Gasteiger partial charge < -0.3 is 5.32 Å². The van der Waals surface area contributed by atoms with Crippen LogP contribution in [0.2, 0.25) is 0 Å². The Morgan fingerprint density at radius 1 is 1.00 bits per heavy atom. The van der Waals surface area contributed by atoms with Crippen molar-refractivity contribution in [1.29, 1.82) is 0 Å². The predicted molar refractivity (Wildman–Crippen MR) is 99.7 cm³/mol. The molecule has 0 unspecified atom stereocenters. The third-order valence-electron chi connectivity index (χ3n) is 3.55. The Balaban J connectivity index is 1.62. The van der Waals surface area contributed by atoms with Crippen molar-refractivity contribution in [3.63, 3.8) is 0 Å². The van der Waals surface area contributed by atoms with Crippen molar-refractivity contribution in [2.24, 2.45) is 0 Å². The number of carbonyl (C=O) groups excluding carboxylic acids is 1. The number of aromatic nitrogens is 1. The van der Waals surface area contributed by atoms with Crippen molar-refractivity contribution in [3.8, 4) is 0 Å². The smallest absolute Gasteiger partial charge is 0.288 e. The zero-order valence-electron chi connectivity index (χ0n) is 13.0. The molecule has 0 aliphatic rings. The second kappa shape index (κ2) is 7.06. The fraction of sp³-hybridized carbons (Fsp3) is 0.0556. The summed E-state index contributed by atoms with van der Waals surface area (Å²) in [7, 11) is 0. The Hall–Kier alpha value is -2.99. The van der Waals surface area contributed by atoms with Gasteiger partial charge in [0, 0.05) is 17.3 Å². The molecule has 0 spiro atoms. The van der Waals surface area contributed by atoms with Crippen molar-refractivity contribution >= 4 is 39.7 Å². The number of hydrazine groups is 1. The topological polar surface area (TPSA) is 66.0 Å². The molecule has 0 atom stereocenters. The Morgan fingerprint density at radius 3 is 2.50 bits per heavy atom. The molecule has 0 fully saturated rings. The molecule has 0 saturated heterocycles. The number of carbonyl (C=O) groups is 1. The van der Waals surface area contributed by atoms with E-state index in [-0.39, 0.29) is 5.91 Å². The number of thiocarbonyl (C=S) groups is 1. The quantitative estimate of drug-likeness (QED) is 0.495. The second-order valence-corrected chi connectivity index (χ2v) is 5.67. The van der Waals surface area contributed by atoms with Crippen LogP contribution in [0.3, 0.4) is 0 Å². The van der Waals surface area contributed by atoms with Gasteiger partial charge in [-0.15, -0.1) is 0 Å². The molecular weight excluding hydrogens is 320 g/mol. The molecule has 6 heteroatoms. The summed E-state index contributed by atoms with van der Waals surface area (Å²) in [6.07, 6.45) is 1.67. The number of rotatable bonds is 2. The minimum Gasteiger partial charge on any atom is -0.331 e. The van der Waals surface area contributed by atoms with Crippen LogP contribution in [-0.2, 0) is 0 Å². The Kier molecular flexibility index (Phi) is 4.67. The lowest BCUT2D eigenvalue weighted by Gasteiger charge is -2.13. The van der Waals surface area contributed by atoms with Crippen LogP contribution >= 0.6 is 12.2 Å². The highest BCUT2D eigenvalue weighted by molar-refractivity contribution is 7.80. The zero-order valence-corrected chi connectivity index (χ0v) is 13.9. The van der Waals surface area contributed by atoms with Crippen molar-refractivity contribution in [2.45, 2.75) is 6.92 Å². The summed E-state index contributed by atoms with van der Waals surface area (Å²) in [5.74, 6) is -0.352. The Bertz CT molecular complexity index is 910. The lowest BCUT2D eigenvalue weighted by Crippen LogP contribution is -2.44. The normalized spacial score (nSPS) is 10.2. The van der Waals surface area contributed by atoms with Gasteiger partial charge in [0.1, 0.15) is 5.69 Å². The molecular formula is C18H16N4OS. The van der Waals surface area contributed by atoms with Crippen molar-refractivity contribution in [3.05, 3.63) is 72.1 Å². The standard InChI is InChI=1S/C18H16N4OS/c1-12-6-2-5-9-15(12)20-18(24)22-21-17(23)16-10-13-7-3-4-8-14(13)11-19-16/h2-11H,1H3,(H,21,23)(H2,20,22,24). The molecule has 3 aromatic rings. The molecule has 0 aliphatic carbocycles. The molecule has 0 radical (unpaired) electrons. The molecule has 1 heterocycles. The predicted octanol–water partition coefficient (Wildman–Crippen LogP) is 3.17. The van der Waals surface area contributed by atoms with Crippen LogP contribution in [0, 0.1) is 6.92 Å². The number of hydrogen-bond acceptors (Lipinski definition) is 3. The summed E-state index contributed by atoms with van der Waals surface area (Å²) < 4.78 is 0. The number of aryl methyl sites for hydroxylation is 1. The molecule has 0 bridgehead atoms. The van der Waals surface area contributed by atoms with E-state index < -0.39 is 0 Å². The van der Waals surface area contributed by atoms with Gasteiger partial charge >= 0.3 is 0 Å². The number of anilines is 1. The average Bonchev–Trinajstić information content (AvgIpc) is 2.61. The summed E-state index contributed by atoms with van der Waals surface area (Å²) >= 11 is 5.18. The van der Waals surface area contributed by atoms with Crippen LogP contribution in [0.1, 0.15) is 16.1 Å². The number of nitrogens with one attached hydrogen (secondary N) is 3. The molecule has 2 aromatic carbocycles. The summed E-state index contributed by atoms with van der Waals surface area (Å²) in [4.78, 5) is 16.4. The Labute approximate surface area is 145 Å². The Morgan fingerprint density at radius 2 is 1.71 bits per heavy atom. The van der Waals surface area contributed by atoms with Crippen molar-refractivity contribution in [2.75, 3.05) is 5.32 Å². The molecule has 0 aliphatic heterocycles. The van der Waals surface area contributed by atoms with Gasteiger partial charge in [0.2, 0.25) is 0 Å². The van der Waals surface area contributed by atoms with E-state index in [4.69, 9.17) is 12.2 Å². The van der Waals surface area contributed by atoms with Gasteiger partial charge in [-0.25, -0.2) is 0 Å². The number of fused-ring (bicyclic) bond motifs is 1. The maximum atomic E-state index is 12.2. The van der Waals surface area contributed by atoms with E-state index in [0.29, 0.717) is 10.8 Å². The van der Waals surface area contributed by atoms with Crippen LogP contribution in [0.25, 0.3) is 10.8 Å². The van der Waals surface area contributed by atoms with E-state index in [1.807, 2.05) is 55.5 Å². The molecule has 3 N–H and O–H groups in total. The fourth-order valence-corrected chi connectivity index (χ4v) is 2.41. The number of hydrogen-bond donors (Lipinski definition) is 3. The molecule has 0 saturated carbocycles. The largest absolute Gasteiger partial charge is 0.331 e. The first kappa shape index (κ1) is 15.9. The molecule has 3 rings (SSSR count). The van der Waals surface area contributed by atoms with Gasteiger partial charge in [-0.05, 0) is 42.2 Å². The number of nitrogens with zero attached hydrogens (tertiary/aromatic N) is 1. The maximum absolute atomic E-state index is 12.2. The molecule has 24 heavy (non-hydrogen) atoms. The van der Waals surface area contributed by atoms with Gasteiger partial charge in [-0.1, -0.05) is 42.5 Å². The van der Waals surface area contributed by atoms with Crippen molar-refractivity contribution in [1.82, 2.24) is 15.8 Å². The summed E-state index contributed by atoms with van der Waals surface area (Å²) in [5.41, 5.74) is 7.49. The van der Waals surface area contributed by atoms with Gasteiger partial charge in [0.25, 0.3) is 5.91 Å². The molecule has 1 aromatic heterocycles. The van der Waals surface area contributed by atoms with Crippen LogP contribution in [0.15, 0.2) is 60.8 Å². The zero-order chi connectivity index (χ0) is 16.9. The van der Waals surface area contributed by atoms with Crippen LogP contribution in [0.4, 0.5) is 5.69 Å². The van der Waals surface area contributed by atoms with Gasteiger partial charge in [-0.2, -0.15) is 0 Å². The van der Waals surface area contributed by atoms with E-state index in [2.05, 4.69) is 21.2 Å². The van der Waals surface area contributed by atoms with Gasteiger partial charge in [-0.3, -0.25) is 20.6 Å². The number of benzene rings is 2. The summed E-state index contributed by atoms with van der Waals surface area (Å²) in [6.45, 7) is 1.97. The highest BCUT2D eigenvalue weighted by atomic mass is 32.1. The van der Waals surface area contributed by atoms with Crippen LogP contribution < -0.4 is 16.2 Å². The SMILES string of the molecule is Cc1ccccc1NC(=S)NNC(=O)c1cc2ccccc2cn1. The first-order valence-electron chi connectivity index (χ1n) is 7.41. The fourth-order valence-electron chi connectivity index (χ4n) is 2.25. The summed E-state index contributed by atoms with van der Waals surface area (Å²) in [5, 5.41) is 5.28. The second-order valence-electron chi connectivity index (χ2n) is 5.26. The average molecular weight is 336 g/mol. The third kappa shape index (κ3) is 3.67. The lowest BCUT2D eigenvalue weighted by atomic mass is 10.1. The number of amides is 1. The van der Waals surface area contributed by atoms with Gasteiger partial charge in [0.15, 0.2) is 5.11 Å². The third-order valence-corrected chi connectivity index (χ3v) is 3.75. The molecule has 120 valence electrons. The van der Waals surface area contributed by atoms with E-state index >= 15 is 0 Å². The lowest BCUT2D eigenvalue weighted by molar-refractivity contribution is 0.0939. The highest BCUT2D eigenvalue weighted by Crippen LogP contribution is 2.14. The minimum absolute atomic E-state index is 0.304. The van der Waals surface area contributed by atoms with Gasteiger partial charge in [0.05, 0.1) is 0 Å². The van der Waals surface area contributed by atoms with E-state index in [1.165, 1.54) is 0 Å². The first-order chi connectivity index (χ1) is 11.6. The minimum atomic E-state index is -0.352. The van der Waals surface area contributed by atoms with Crippen LogP contribution in [0.5, 0.6) is 0 Å². The van der Waals surface area contributed by atoms with Crippen molar-refractivity contribution < 1.29 is 4.79 Å². The summed E-state index contributed by atoms with van der Waals surface area (Å²) in [6, 6.07) is 17.2. The maximum Gasteiger partial charge on any atom is 0.288 e. The van der Waals surface area contributed by atoms with E-state index in [9.17, 15) is 4.79 Å². The number of para-hydroxylation sites is 1. The highest BCUT2D eigenvalue weighted by Gasteiger charge is 2.08.